The van der Waals surface area contributed by atoms with E-state index in [0.717, 1.165) is 38.5 Å². The zero-order chi connectivity index (χ0) is 30.8. The maximum absolute atomic E-state index is 7.40. The molecule has 0 spiro atoms. The van der Waals surface area contributed by atoms with Crippen molar-refractivity contribution in [1.82, 2.24) is 0 Å². The summed E-state index contributed by atoms with van der Waals surface area (Å²) in [5.41, 5.74) is 8.71. The molecule has 0 aliphatic heterocycles. The Bertz CT molecular complexity index is 1470. The van der Waals surface area contributed by atoms with Crippen LogP contribution in [0.15, 0.2) is 113 Å². The fraction of sp³-hybridized carbons (Fsp3) is 0.463. The fourth-order valence-electron chi connectivity index (χ4n) is 8.63. The van der Waals surface area contributed by atoms with Crippen LogP contribution in [0.1, 0.15) is 89.8 Å². The van der Waals surface area contributed by atoms with Gasteiger partial charge in [-0.25, -0.2) is 0 Å². The lowest BCUT2D eigenvalue weighted by atomic mass is 9.51. The van der Waals surface area contributed by atoms with E-state index >= 15 is 0 Å². The molecule has 0 N–H and O–H groups in total. The second-order valence-electron chi connectivity index (χ2n) is 14.2. The predicted octanol–water partition coefficient (Wildman–Crippen LogP) is 10.2. The highest BCUT2D eigenvalue weighted by Crippen LogP contribution is 2.61. The maximum atomic E-state index is 7.40. The van der Waals surface area contributed by atoms with Crippen LogP contribution in [-0.2, 0) is 34.0 Å². The Morgan fingerprint density at radius 2 is 1.16 bits per heavy atom. The average molecular weight is 591 g/mol. The topological polar surface area (TPSA) is 27.7 Å². The minimum Gasteiger partial charge on any atom is -0.373 e. The number of benzene rings is 3. The van der Waals surface area contributed by atoms with Gasteiger partial charge in [-0.05, 0) is 74.6 Å². The van der Waals surface area contributed by atoms with Crippen molar-refractivity contribution in [3.63, 3.8) is 0 Å². The number of ether oxygens (including phenoxy) is 3. The second kappa shape index (κ2) is 12.8. The second-order valence-corrected chi connectivity index (χ2v) is 14.2. The largest absolute Gasteiger partial charge is 0.373 e. The molecule has 0 aromatic heterocycles. The standard InChI is InChI=1S/C41H50O3/c1-30-23-26-41(44-29-34-19-13-8-14-20-34)38(43-28-33-17-11-7-12-18-33)37-31(2)21-22-36(42-27-32-15-9-6-10-16-32)40(37,5)25-24-35(30)39(41,3)4/h6-20,36,38H,21-29H2,1-5H3/t36-,38-,40+,41+/m0/s1. The summed E-state index contributed by atoms with van der Waals surface area (Å²) in [6.07, 6.45) is 6.04. The molecule has 0 saturated heterocycles. The molecule has 3 aromatic rings. The number of hydrogen-bond acceptors (Lipinski definition) is 3. The highest BCUT2D eigenvalue weighted by Gasteiger charge is 2.62. The monoisotopic (exact) mass is 590 g/mol. The van der Waals surface area contributed by atoms with Gasteiger partial charge in [0.25, 0.3) is 0 Å². The number of fused-ring (bicyclic) bond motifs is 3. The van der Waals surface area contributed by atoms with Gasteiger partial charge in [0.1, 0.15) is 11.7 Å². The lowest BCUT2D eigenvalue weighted by Crippen LogP contribution is -2.63. The van der Waals surface area contributed by atoms with Gasteiger partial charge in [0, 0.05) is 10.8 Å². The van der Waals surface area contributed by atoms with Gasteiger partial charge in [0.15, 0.2) is 0 Å². The van der Waals surface area contributed by atoms with Crippen LogP contribution in [0.5, 0.6) is 0 Å². The normalized spacial score (nSPS) is 28.3. The number of allylic oxidation sites excluding steroid dienone is 2. The molecular weight excluding hydrogens is 540 g/mol. The Hall–Kier alpha value is -2.98. The molecule has 4 atom stereocenters. The van der Waals surface area contributed by atoms with Crippen LogP contribution in [0.25, 0.3) is 0 Å². The Balaban J connectivity index is 1.46. The first kappa shape index (κ1) is 31.0. The summed E-state index contributed by atoms with van der Waals surface area (Å²) in [5, 5.41) is 0. The molecule has 3 aromatic carbocycles. The third-order valence-corrected chi connectivity index (χ3v) is 11.2. The van der Waals surface area contributed by atoms with E-state index in [1.165, 1.54) is 33.4 Å². The maximum Gasteiger partial charge on any atom is 0.110 e. The molecule has 0 radical (unpaired) electrons. The van der Waals surface area contributed by atoms with Gasteiger partial charge in [-0.3, -0.25) is 0 Å². The molecule has 6 rings (SSSR count). The van der Waals surface area contributed by atoms with Gasteiger partial charge in [-0.1, -0.05) is 128 Å². The molecule has 1 saturated carbocycles. The Kier molecular flexibility index (Phi) is 9.02. The summed E-state index contributed by atoms with van der Waals surface area (Å²) >= 11 is 0. The average Bonchev–Trinajstić information content (AvgIpc) is 3.03. The molecule has 3 aliphatic rings. The summed E-state index contributed by atoms with van der Waals surface area (Å²) in [5.74, 6) is 0. The molecule has 3 aliphatic carbocycles. The van der Waals surface area contributed by atoms with Crippen LogP contribution < -0.4 is 0 Å². The van der Waals surface area contributed by atoms with Crippen LogP contribution in [0.4, 0.5) is 0 Å². The van der Waals surface area contributed by atoms with Gasteiger partial charge < -0.3 is 14.2 Å². The minimum atomic E-state index is -0.522. The van der Waals surface area contributed by atoms with E-state index in [1.54, 1.807) is 5.57 Å². The first-order chi connectivity index (χ1) is 21.2. The molecule has 2 bridgehead atoms. The van der Waals surface area contributed by atoms with Crippen LogP contribution in [0, 0.1) is 10.8 Å². The van der Waals surface area contributed by atoms with Gasteiger partial charge >= 0.3 is 0 Å². The van der Waals surface area contributed by atoms with Crippen molar-refractivity contribution in [2.24, 2.45) is 10.8 Å². The quantitative estimate of drug-likeness (QED) is 0.232. The summed E-state index contributed by atoms with van der Waals surface area (Å²) < 4.78 is 21.6. The lowest BCUT2D eigenvalue weighted by Gasteiger charge is -2.60. The van der Waals surface area contributed by atoms with E-state index < -0.39 is 5.60 Å². The molecule has 0 unspecified atom stereocenters. The Labute approximate surface area is 265 Å². The smallest absolute Gasteiger partial charge is 0.110 e. The van der Waals surface area contributed by atoms with E-state index in [4.69, 9.17) is 14.2 Å². The van der Waals surface area contributed by atoms with Crippen molar-refractivity contribution in [2.75, 3.05) is 0 Å². The molecule has 232 valence electrons. The Morgan fingerprint density at radius 3 is 1.75 bits per heavy atom. The van der Waals surface area contributed by atoms with E-state index in [-0.39, 0.29) is 23.0 Å². The summed E-state index contributed by atoms with van der Waals surface area (Å²) in [6.45, 7) is 13.8. The van der Waals surface area contributed by atoms with Crippen molar-refractivity contribution in [2.45, 2.75) is 111 Å². The van der Waals surface area contributed by atoms with E-state index in [0.29, 0.717) is 19.8 Å². The summed E-state index contributed by atoms with van der Waals surface area (Å²) in [4.78, 5) is 0. The van der Waals surface area contributed by atoms with Crippen molar-refractivity contribution in [3.05, 3.63) is 130 Å². The molecule has 1 fully saturated rings. The highest BCUT2D eigenvalue weighted by atomic mass is 16.6. The van der Waals surface area contributed by atoms with Crippen molar-refractivity contribution in [1.29, 1.82) is 0 Å². The SMILES string of the molecule is CC1=C2CC[C@@]3(C)C(=C(C)CC[C@@H]3OCc3ccccc3)[C@H](OCc3ccccc3)[C@](OCc3ccccc3)(CC1)C2(C)C. The van der Waals surface area contributed by atoms with Gasteiger partial charge in [0.2, 0.25) is 0 Å². The molecule has 44 heavy (non-hydrogen) atoms. The van der Waals surface area contributed by atoms with Gasteiger partial charge in [-0.2, -0.15) is 0 Å². The third-order valence-electron chi connectivity index (χ3n) is 11.2. The zero-order valence-electron chi connectivity index (χ0n) is 27.4. The number of hydrogen-bond donors (Lipinski definition) is 0. The van der Waals surface area contributed by atoms with Crippen molar-refractivity contribution >= 4 is 0 Å². The Morgan fingerprint density at radius 1 is 0.614 bits per heavy atom. The first-order valence-electron chi connectivity index (χ1n) is 16.6. The molecule has 0 heterocycles. The molecule has 3 heteroatoms. The van der Waals surface area contributed by atoms with E-state index in [2.05, 4.69) is 126 Å². The van der Waals surface area contributed by atoms with E-state index in [1.807, 2.05) is 0 Å². The van der Waals surface area contributed by atoms with Crippen LogP contribution >= 0.6 is 0 Å². The molecule has 3 nitrogen and oxygen atoms in total. The third kappa shape index (κ3) is 5.75. The van der Waals surface area contributed by atoms with Crippen LogP contribution in [0.2, 0.25) is 0 Å². The highest BCUT2D eigenvalue weighted by molar-refractivity contribution is 5.41. The van der Waals surface area contributed by atoms with Crippen molar-refractivity contribution in [3.8, 4) is 0 Å². The predicted molar refractivity (Wildman–Crippen MR) is 179 cm³/mol. The summed E-state index contributed by atoms with van der Waals surface area (Å²) in [6, 6.07) is 31.9. The first-order valence-corrected chi connectivity index (χ1v) is 16.6. The van der Waals surface area contributed by atoms with Gasteiger partial charge in [-0.15, -0.1) is 0 Å². The van der Waals surface area contributed by atoms with Gasteiger partial charge in [0.05, 0.1) is 25.9 Å². The minimum absolute atomic E-state index is 0.109. The van der Waals surface area contributed by atoms with Crippen LogP contribution in [-0.4, -0.2) is 17.8 Å². The zero-order valence-corrected chi connectivity index (χ0v) is 27.4. The number of rotatable bonds is 9. The fourth-order valence-corrected chi connectivity index (χ4v) is 8.63. The molecule has 0 amide bonds. The van der Waals surface area contributed by atoms with E-state index in [9.17, 15) is 0 Å². The van der Waals surface area contributed by atoms with Crippen molar-refractivity contribution < 1.29 is 14.2 Å². The van der Waals surface area contributed by atoms with Crippen LogP contribution in [0.3, 0.4) is 0 Å². The lowest BCUT2D eigenvalue weighted by molar-refractivity contribution is -0.210. The molecular formula is C41H50O3. The summed E-state index contributed by atoms with van der Waals surface area (Å²) in [7, 11) is 0.